The van der Waals surface area contributed by atoms with Crippen LogP contribution >= 0.6 is 0 Å². The number of hydrogen-bond donors (Lipinski definition) is 2. The number of carbonyl (C=O) groups excluding carboxylic acids is 1. The molecule has 0 aromatic heterocycles. The highest BCUT2D eigenvalue weighted by molar-refractivity contribution is 5.83. The van der Waals surface area contributed by atoms with E-state index in [9.17, 15) is 20.0 Å². The summed E-state index contributed by atoms with van der Waals surface area (Å²) in [5.74, 6) is -0.287. The van der Waals surface area contributed by atoms with Crippen molar-refractivity contribution in [1.82, 2.24) is 0 Å². The van der Waals surface area contributed by atoms with Gasteiger partial charge in [0.1, 0.15) is 5.75 Å². The van der Waals surface area contributed by atoms with Crippen molar-refractivity contribution in [1.29, 1.82) is 0 Å². The van der Waals surface area contributed by atoms with Crippen LogP contribution in [-0.4, -0.2) is 22.9 Å². The molecule has 0 amide bonds. The van der Waals surface area contributed by atoms with Crippen LogP contribution < -0.4 is 5.73 Å². The van der Waals surface area contributed by atoms with Gasteiger partial charge in [-0.15, -0.1) is 0 Å². The van der Waals surface area contributed by atoms with Gasteiger partial charge in [0.25, 0.3) is 5.69 Å². The molecule has 0 spiro atoms. The molecule has 0 aliphatic rings. The largest absolute Gasteiger partial charge is 0.507 e. The number of rotatable bonds is 4. The number of benzene rings is 1. The van der Waals surface area contributed by atoms with E-state index in [1.54, 1.807) is 0 Å². The van der Waals surface area contributed by atoms with E-state index < -0.39 is 4.92 Å². The molecule has 1 rings (SSSR count). The first-order valence-corrected chi connectivity index (χ1v) is 4.43. The lowest BCUT2D eigenvalue weighted by Crippen LogP contribution is -1.94. The smallest absolute Gasteiger partial charge is 0.271 e. The Bertz CT molecular complexity index is 454. The second-order valence-corrected chi connectivity index (χ2v) is 2.99. The molecule has 0 bridgehead atoms. The van der Waals surface area contributed by atoms with Crippen molar-refractivity contribution in [2.75, 3.05) is 6.54 Å². The molecule has 6 nitrogen and oxygen atoms in total. The minimum absolute atomic E-state index is 0.120. The van der Waals surface area contributed by atoms with Gasteiger partial charge in [-0.1, -0.05) is 12.2 Å². The zero-order valence-electron chi connectivity index (χ0n) is 8.29. The first-order chi connectivity index (χ1) is 7.60. The van der Waals surface area contributed by atoms with Gasteiger partial charge in [0.05, 0.1) is 10.5 Å². The summed E-state index contributed by atoms with van der Waals surface area (Å²) < 4.78 is 0. The highest BCUT2D eigenvalue weighted by atomic mass is 16.6. The molecule has 3 N–H and O–H groups in total. The van der Waals surface area contributed by atoms with E-state index in [0.29, 0.717) is 6.29 Å². The van der Waals surface area contributed by atoms with Crippen LogP contribution in [0.4, 0.5) is 5.69 Å². The molecule has 1 aromatic rings. The lowest BCUT2D eigenvalue weighted by molar-refractivity contribution is -0.384. The molecule has 0 aliphatic carbocycles. The Morgan fingerprint density at radius 2 is 2.06 bits per heavy atom. The second-order valence-electron chi connectivity index (χ2n) is 2.99. The minimum atomic E-state index is -0.633. The first kappa shape index (κ1) is 11.9. The van der Waals surface area contributed by atoms with E-state index >= 15 is 0 Å². The van der Waals surface area contributed by atoms with Gasteiger partial charge >= 0.3 is 0 Å². The van der Waals surface area contributed by atoms with Crippen molar-refractivity contribution in [2.45, 2.75) is 0 Å². The monoisotopic (exact) mass is 222 g/mol. The van der Waals surface area contributed by atoms with Gasteiger partial charge < -0.3 is 10.8 Å². The average Bonchev–Trinajstić information content (AvgIpc) is 2.27. The number of hydrogen-bond acceptors (Lipinski definition) is 5. The Kier molecular flexibility index (Phi) is 3.73. The molecule has 0 saturated heterocycles. The number of aromatic hydroxyl groups is 1. The maximum absolute atomic E-state index is 10.6. The Balaban J connectivity index is 3.35. The molecule has 0 saturated carbocycles. The van der Waals surface area contributed by atoms with Gasteiger partial charge in [0.15, 0.2) is 6.29 Å². The average molecular weight is 222 g/mol. The summed E-state index contributed by atoms with van der Waals surface area (Å²) in [5, 5.41) is 20.1. The number of phenolic OH excluding ortho intramolecular Hbond substituents is 1. The summed E-state index contributed by atoms with van der Waals surface area (Å²) in [7, 11) is 0. The summed E-state index contributed by atoms with van der Waals surface area (Å²) in [5.41, 5.74) is 5.05. The fraction of sp³-hybridized carbons (Fsp3) is 0.100. The fourth-order valence-corrected chi connectivity index (χ4v) is 1.18. The summed E-state index contributed by atoms with van der Waals surface area (Å²) >= 11 is 0. The number of carbonyl (C=O) groups is 1. The summed E-state index contributed by atoms with van der Waals surface area (Å²) in [6, 6.07) is 2.19. The number of nitrogens with two attached hydrogens (primary N) is 1. The van der Waals surface area contributed by atoms with E-state index in [1.807, 2.05) is 0 Å². The molecule has 6 heteroatoms. The van der Waals surface area contributed by atoms with Crippen LogP contribution in [0.1, 0.15) is 15.9 Å². The molecule has 0 aliphatic heterocycles. The molecule has 0 radical (unpaired) electrons. The Hall–Kier alpha value is -2.21. The molecular weight excluding hydrogens is 212 g/mol. The Labute approximate surface area is 91.2 Å². The topological polar surface area (TPSA) is 106 Å². The van der Waals surface area contributed by atoms with Crippen LogP contribution in [0.5, 0.6) is 5.75 Å². The molecule has 16 heavy (non-hydrogen) atoms. The normalized spacial score (nSPS) is 10.6. The van der Waals surface area contributed by atoms with Crippen LogP contribution in [0.2, 0.25) is 0 Å². The van der Waals surface area contributed by atoms with Crippen molar-refractivity contribution < 1.29 is 14.8 Å². The van der Waals surface area contributed by atoms with Gasteiger partial charge in [0.2, 0.25) is 0 Å². The zero-order valence-corrected chi connectivity index (χ0v) is 8.29. The van der Waals surface area contributed by atoms with Crippen LogP contribution in [0.15, 0.2) is 18.2 Å². The molecule has 84 valence electrons. The number of nitro benzene ring substituents is 1. The van der Waals surface area contributed by atoms with Crippen LogP contribution in [0.25, 0.3) is 6.08 Å². The van der Waals surface area contributed by atoms with Gasteiger partial charge in [-0.2, -0.15) is 0 Å². The number of non-ortho nitro benzene ring substituents is 1. The maximum Gasteiger partial charge on any atom is 0.271 e. The standard InChI is InChI=1S/C10H10N2O4/c11-3-1-2-7-4-9(12(15)16)5-8(6-13)10(7)14/h1-2,4-6,14H,3,11H2. The summed E-state index contributed by atoms with van der Waals surface area (Å²) in [6.45, 7) is 0.235. The van der Waals surface area contributed by atoms with E-state index in [1.165, 1.54) is 18.2 Å². The number of phenols is 1. The number of nitro groups is 1. The Morgan fingerprint density at radius 1 is 1.44 bits per heavy atom. The van der Waals surface area contributed by atoms with Gasteiger partial charge in [-0.05, 0) is 0 Å². The van der Waals surface area contributed by atoms with Crippen molar-refractivity contribution in [3.63, 3.8) is 0 Å². The zero-order chi connectivity index (χ0) is 12.1. The predicted molar refractivity (Wildman–Crippen MR) is 58.2 cm³/mol. The lowest BCUT2D eigenvalue weighted by Gasteiger charge is -2.02. The number of nitrogens with zero attached hydrogens (tertiary/aromatic N) is 1. The van der Waals surface area contributed by atoms with Gasteiger partial charge in [0, 0.05) is 24.2 Å². The predicted octanol–water partition coefficient (Wildman–Crippen LogP) is 1.08. The minimum Gasteiger partial charge on any atom is -0.507 e. The van der Waals surface area contributed by atoms with Crippen molar-refractivity contribution >= 4 is 18.0 Å². The van der Waals surface area contributed by atoms with Crippen LogP contribution in [0, 0.1) is 10.1 Å². The third kappa shape index (κ3) is 2.43. The molecule has 1 aromatic carbocycles. The van der Waals surface area contributed by atoms with E-state index in [4.69, 9.17) is 5.73 Å². The SMILES string of the molecule is NCC=Cc1cc([N+](=O)[O-])cc(C=O)c1O. The molecule has 0 fully saturated rings. The van der Waals surface area contributed by atoms with E-state index in [0.717, 1.165) is 6.07 Å². The third-order valence-corrected chi connectivity index (χ3v) is 1.92. The fourth-order valence-electron chi connectivity index (χ4n) is 1.18. The van der Waals surface area contributed by atoms with Crippen LogP contribution in [0.3, 0.4) is 0 Å². The first-order valence-electron chi connectivity index (χ1n) is 4.43. The van der Waals surface area contributed by atoms with E-state index in [2.05, 4.69) is 0 Å². The molecule has 0 heterocycles. The quantitative estimate of drug-likeness (QED) is 0.450. The van der Waals surface area contributed by atoms with Crippen molar-refractivity contribution in [3.05, 3.63) is 39.4 Å². The van der Waals surface area contributed by atoms with Gasteiger partial charge in [-0.25, -0.2) is 0 Å². The maximum atomic E-state index is 10.6. The second kappa shape index (κ2) is 5.04. The summed E-state index contributed by atoms with van der Waals surface area (Å²) in [4.78, 5) is 20.5. The van der Waals surface area contributed by atoms with Crippen molar-refractivity contribution in [3.8, 4) is 5.75 Å². The van der Waals surface area contributed by atoms with Crippen molar-refractivity contribution in [2.24, 2.45) is 5.73 Å². The molecular formula is C10H10N2O4. The number of aldehydes is 1. The Morgan fingerprint density at radius 3 is 2.56 bits per heavy atom. The summed E-state index contributed by atoms with van der Waals surface area (Å²) in [6.07, 6.45) is 3.31. The third-order valence-electron chi connectivity index (χ3n) is 1.92. The highest BCUT2D eigenvalue weighted by Gasteiger charge is 2.13. The molecule has 0 unspecified atom stereocenters. The highest BCUT2D eigenvalue weighted by Crippen LogP contribution is 2.28. The van der Waals surface area contributed by atoms with E-state index in [-0.39, 0.29) is 29.1 Å². The molecule has 0 atom stereocenters. The lowest BCUT2D eigenvalue weighted by atomic mass is 10.1. The van der Waals surface area contributed by atoms with Gasteiger partial charge in [-0.3, -0.25) is 14.9 Å². The van der Waals surface area contributed by atoms with Crippen LogP contribution in [-0.2, 0) is 0 Å².